The number of hydrogen-bond acceptors (Lipinski definition) is 7. The van der Waals surface area contributed by atoms with Crippen molar-refractivity contribution in [3.05, 3.63) is 10.4 Å². The van der Waals surface area contributed by atoms with Crippen LogP contribution in [0.5, 0.6) is 0 Å². The Morgan fingerprint density at radius 2 is 2.38 bits per heavy atom. The molecule has 2 aliphatic heterocycles. The minimum absolute atomic E-state index is 0.276. The molecule has 8 nitrogen and oxygen atoms in total. The number of rotatable bonds is 5. The molecule has 0 spiro atoms. The molecule has 0 bridgehead atoms. The van der Waals surface area contributed by atoms with E-state index < -0.39 is 0 Å². The minimum atomic E-state index is 0.276. The molecule has 0 amide bonds. The normalized spacial score (nSPS) is 23.0. The molecule has 5 heterocycles. The highest BCUT2D eigenvalue weighted by Gasteiger charge is 2.27. The van der Waals surface area contributed by atoms with Gasteiger partial charge in [0.25, 0.3) is 5.78 Å². The van der Waals surface area contributed by atoms with Gasteiger partial charge in [-0.2, -0.15) is 9.50 Å². The van der Waals surface area contributed by atoms with Crippen LogP contribution >= 0.6 is 11.3 Å². The smallest absolute Gasteiger partial charge is 0.276 e. The average Bonchev–Trinajstić information content (AvgIpc) is 3.38. The standard InChI is InChI=1S/C17H23N7OS/c1-2-6-23-7-5-12-13(10-23)26-16-14(12)15(18-9-11-4-3-8-25-11)19-17-20-21-22-24(16)17/h11H,2-10H2,1H3,(H,18,19,20,22)/p+1/t11-/m0/s1. The van der Waals surface area contributed by atoms with E-state index in [4.69, 9.17) is 9.72 Å². The summed E-state index contributed by atoms with van der Waals surface area (Å²) in [4.78, 5) is 8.95. The molecule has 26 heavy (non-hydrogen) atoms. The van der Waals surface area contributed by atoms with Crippen LogP contribution in [0, 0.1) is 0 Å². The van der Waals surface area contributed by atoms with E-state index in [9.17, 15) is 0 Å². The fraction of sp³-hybridized carbons (Fsp3) is 0.647. The second-order valence-electron chi connectivity index (χ2n) is 7.23. The first-order chi connectivity index (χ1) is 12.8. The number of ether oxygens (including phenoxy) is 1. The number of quaternary nitrogens is 1. The Morgan fingerprint density at radius 3 is 3.23 bits per heavy atom. The van der Waals surface area contributed by atoms with Crippen molar-refractivity contribution in [2.45, 2.75) is 45.3 Å². The Balaban J connectivity index is 1.56. The molecule has 3 aromatic heterocycles. The highest BCUT2D eigenvalue weighted by atomic mass is 32.1. The van der Waals surface area contributed by atoms with Gasteiger partial charge in [0, 0.05) is 19.6 Å². The van der Waals surface area contributed by atoms with Crippen molar-refractivity contribution >= 4 is 33.1 Å². The first kappa shape index (κ1) is 16.3. The van der Waals surface area contributed by atoms with Crippen molar-refractivity contribution in [3.63, 3.8) is 0 Å². The lowest BCUT2D eigenvalue weighted by Gasteiger charge is -2.23. The molecule has 1 saturated heterocycles. The summed E-state index contributed by atoms with van der Waals surface area (Å²) in [6, 6.07) is 0. The Hall–Kier alpha value is -1.84. The van der Waals surface area contributed by atoms with Gasteiger partial charge in [-0.3, -0.25) is 0 Å². The maximum atomic E-state index is 5.76. The Morgan fingerprint density at radius 1 is 1.42 bits per heavy atom. The number of thiophene rings is 1. The molecule has 0 radical (unpaired) electrons. The fourth-order valence-corrected chi connectivity index (χ4v) is 5.53. The second kappa shape index (κ2) is 6.71. The number of fused-ring (bicyclic) bond motifs is 5. The van der Waals surface area contributed by atoms with E-state index in [1.807, 2.05) is 11.3 Å². The number of hydrogen-bond donors (Lipinski definition) is 2. The van der Waals surface area contributed by atoms with Gasteiger partial charge in [0.15, 0.2) is 0 Å². The van der Waals surface area contributed by atoms with Crippen LogP contribution in [0.3, 0.4) is 0 Å². The van der Waals surface area contributed by atoms with E-state index in [1.54, 1.807) is 9.42 Å². The predicted molar refractivity (Wildman–Crippen MR) is 99.8 cm³/mol. The molecule has 1 unspecified atom stereocenters. The zero-order chi connectivity index (χ0) is 17.5. The molecular weight excluding hydrogens is 350 g/mol. The summed E-state index contributed by atoms with van der Waals surface area (Å²) in [5.74, 6) is 1.47. The first-order valence-electron chi connectivity index (χ1n) is 9.55. The third-order valence-electron chi connectivity index (χ3n) is 5.43. The predicted octanol–water partition coefficient (Wildman–Crippen LogP) is 0.676. The SMILES string of the molecule is CCC[NH+]1CCc2c(sc3c2c(NC[C@@H]2CCCO2)nc2nnnn23)C1. The Labute approximate surface area is 155 Å². The Kier molecular flexibility index (Phi) is 4.22. The molecule has 5 rings (SSSR count). The van der Waals surface area contributed by atoms with Gasteiger partial charge in [-0.25, -0.2) is 0 Å². The zero-order valence-electron chi connectivity index (χ0n) is 15.0. The number of anilines is 1. The molecule has 138 valence electrons. The van der Waals surface area contributed by atoms with E-state index >= 15 is 0 Å². The first-order valence-corrected chi connectivity index (χ1v) is 10.4. The maximum Gasteiger partial charge on any atom is 0.276 e. The molecule has 1 fully saturated rings. The quantitative estimate of drug-likeness (QED) is 0.683. The van der Waals surface area contributed by atoms with Gasteiger partial charge in [-0.05, 0) is 35.3 Å². The lowest BCUT2D eigenvalue weighted by Crippen LogP contribution is -3.11. The van der Waals surface area contributed by atoms with Crippen molar-refractivity contribution in [1.82, 2.24) is 25.0 Å². The summed E-state index contributed by atoms with van der Waals surface area (Å²) in [5.41, 5.74) is 1.43. The highest BCUT2D eigenvalue weighted by Crippen LogP contribution is 2.36. The van der Waals surface area contributed by atoms with E-state index in [0.29, 0.717) is 5.78 Å². The Bertz CT molecular complexity index is 930. The lowest BCUT2D eigenvalue weighted by molar-refractivity contribution is -0.915. The number of tetrazole rings is 1. The van der Waals surface area contributed by atoms with Crippen LogP contribution in [-0.2, 0) is 17.7 Å². The van der Waals surface area contributed by atoms with Gasteiger partial charge in [-0.1, -0.05) is 12.0 Å². The summed E-state index contributed by atoms with van der Waals surface area (Å²) in [6.45, 7) is 7.43. The highest BCUT2D eigenvalue weighted by molar-refractivity contribution is 7.19. The molecule has 0 aliphatic carbocycles. The second-order valence-corrected chi connectivity index (χ2v) is 8.31. The summed E-state index contributed by atoms with van der Waals surface area (Å²) in [7, 11) is 0. The number of aromatic nitrogens is 5. The van der Waals surface area contributed by atoms with Crippen LogP contribution in [-0.4, -0.2) is 57.4 Å². The molecule has 2 N–H and O–H groups in total. The summed E-state index contributed by atoms with van der Waals surface area (Å²) in [5, 5.41) is 16.8. The minimum Gasteiger partial charge on any atom is -0.376 e. The van der Waals surface area contributed by atoms with Crippen molar-refractivity contribution < 1.29 is 9.64 Å². The number of nitrogens with one attached hydrogen (secondary N) is 2. The van der Waals surface area contributed by atoms with Crippen LogP contribution in [0.2, 0.25) is 0 Å². The van der Waals surface area contributed by atoms with Crippen molar-refractivity contribution in [2.75, 3.05) is 31.6 Å². The van der Waals surface area contributed by atoms with E-state index in [0.717, 1.165) is 49.6 Å². The molecule has 3 aromatic rings. The van der Waals surface area contributed by atoms with Crippen LogP contribution in [0.25, 0.3) is 16.0 Å². The molecule has 0 saturated carbocycles. The van der Waals surface area contributed by atoms with Gasteiger partial charge in [0.2, 0.25) is 0 Å². The topological polar surface area (TPSA) is 81.7 Å². The fourth-order valence-electron chi connectivity index (χ4n) is 4.17. The van der Waals surface area contributed by atoms with Gasteiger partial charge in [0.05, 0.1) is 29.5 Å². The summed E-state index contributed by atoms with van der Waals surface area (Å²) in [6.07, 6.45) is 4.85. The largest absolute Gasteiger partial charge is 0.376 e. The monoisotopic (exact) mass is 374 g/mol. The maximum absolute atomic E-state index is 5.76. The van der Waals surface area contributed by atoms with Crippen LogP contribution in [0.1, 0.15) is 36.6 Å². The van der Waals surface area contributed by atoms with Gasteiger partial charge in [0.1, 0.15) is 17.2 Å². The van der Waals surface area contributed by atoms with E-state index in [2.05, 4.69) is 27.8 Å². The van der Waals surface area contributed by atoms with Crippen molar-refractivity contribution in [2.24, 2.45) is 0 Å². The van der Waals surface area contributed by atoms with Gasteiger partial charge in [-0.15, -0.1) is 11.3 Å². The molecule has 2 atom stereocenters. The average molecular weight is 374 g/mol. The lowest BCUT2D eigenvalue weighted by atomic mass is 10.0. The summed E-state index contributed by atoms with van der Waals surface area (Å²) < 4.78 is 7.54. The third kappa shape index (κ3) is 2.74. The summed E-state index contributed by atoms with van der Waals surface area (Å²) >= 11 is 1.82. The zero-order valence-corrected chi connectivity index (χ0v) is 15.8. The molecule has 9 heteroatoms. The van der Waals surface area contributed by atoms with Crippen LogP contribution in [0.4, 0.5) is 5.82 Å². The molecule has 2 aliphatic rings. The van der Waals surface area contributed by atoms with Gasteiger partial charge >= 0.3 is 0 Å². The van der Waals surface area contributed by atoms with Gasteiger partial charge < -0.3 is 15.0 Å². The van der Waals surface area contributed by atoms with E-state index in [1.165, 1.54) is 35.3 Å². The number of nitrogens with zero attached hydrogens (tertiary/aromatic N) is 5. The third-order valence-corrected chi connectivity index (χ3v) is 6.64. The van der Waals surface area contributed by atoms with Crippen LogP contribution in [0.15, 0.2) is 0 Å². The van der Waals surface area contributed by atoms with Crippen molar-refractivity contribution in [1.29, 1.82) is 0 Å². The molecule has 0 aromatic carbocycles. The molecular formula is C17H24N7OS+. The van der Waals surface area contributed by atoms with E-state index in [-0.39, 0.29) is 6.10 Å². The van der Waals surface area contributed by atoms with Crippen LogP contribution < -0.4 is 10.2 Å². The van der Waals surface area contributed by atoms with Crippen molar-refractivity contribution in [3.8, 4) is 0 Å².